The summed E-state index contributed by atoms with van der Waals surface area (Å²) in [7, 11) is 2.20. The first-order valence-corrected chi connectivity index (χ1v) is 11.0. The van der Waals surface area contributed by atoms with E-state index in [1.54, 1.807) is 12.1 Å². The lowest BCUT2D eigenvalue weighted by molar-refractivity contribution is -0.115. The number of aromatic amines is 1. The molecule has 0 unspecified atom stereocenters. The fourth-order valence-electron chi connectivity index (χ4n) is 4.60. The number of likely N-dealkylation sites (tertiary alicyclic amines) is 1. The smallest absolute Gasteiger partial charge is 0.272 e. The van der Waals surface area contributed by atoms with Crippen LogP contribution in [0, 0.1) is 11.8 Å². The third-order valence-electron chi connectivity index (χ3n) is 6.43. The number of nitrogens with zero attached hydrogens (tertiary/aromatic N) is 2. The van der Waals surface area contributed by atoms with Crippen LogP contribution in [0.2, 0.25) is 0 Å². The molecule has 6 heteroatoms. The van der Waals surface area contributed by atoms with Crippen molar-refractivity contribution < 1.29 is 4.79 Å². The van der Waals surface area contributed by atoms with Crippen LogP contribution in [-0.4, -0.2) is 41.1 Å². The summed E-state index contributed by atoms with van der Waals surface area (Å²) in [4.78, 5) is 26.9. The lowest BCUT2D eigenvalue weighted by Crippen LogP contribution is -2.36. The number of nitrogens with one attached hydrogen (secondary N) is 2. The minimum Gasteiger partial charge on any atom is -0.326 e. The molecular weight excluding hydrogens is 388 g/mol. The van der Waals surface area contributed by atoms with E-state index in [0.29, 0.717) is 16.5 Å². The van der Waals surface area contributed by atoms with Crippen molar-refractivity contribution in [2.75, 3.05) is 25.5 Å². The van der Waals surface area contributed by atoms with Gasteiger partial charge in [0, 0.05) is 17.6 Å². The van der Waals surface area contributed by atoms with Gasteiger partial charge in [-0.2, -0.15) is 5.10 Å². The average Bonchev–Trinajstić information content (AvgIpc) is 2.76. The molecule has 1 saturated heterocycles. The first kappa shape index (κ1) is 21.2. The van der Waals surface area contributed by atoms with Crippen LogP contribution in [0.3, 0.4) is 0 Å². The average molecular weight is 419 g/mol. The van der Waals surface area contributed by atoms with E-state index in [2.05, 4.69) is 46.5 Å². The zero-order chi connectivity index (χ0) is 21.8. The summed E-state index contributed by atoms with van der Waals surface area (Å²) in [6.07, 6.45) is 3.66. The van der Waals surface area contributed by atoms with E-state index in [4.69, 9.17) is 0 Å². The molecule has 1 aliphatic heterocycles. The van der Waals surface area contributed by atoms with Crippen LogP contribution >= 0.6 is 0 Å². The quantitative estimate of drug-likeness (QED) is 0.641. The molecule has 0 saturated carbocycles. The summed E-state index contributed by atoms with van der Waals surface area (Å²) in [5.41, 5.74) is 2.40. The van der Waals surface area contributed by atoms with Gasteiger partial charge in [-0.3, -0.25) is 9.59 Å². The van der Waals surface area contributed by atoms with Gasteiger partial charge in [-0.05, 0) is 68.5 Å². The van der Waals surface area contributed by atoms with Gasteiger partial charge in [0.2, 0.25) is 5.91 Å². The Morgan fingerprint density at radius 2 is 1.90 bits per heavy atom. The molecule has 4 rings (SSSR count). The Morgan fingerprint density at radius 3 is 2.65 bits per heavy atom. The van der Waals surface area contributed by atoms with Gasteiger partial charge in [0.15, 0.2) is 0 Å². The number of fused-ring (bicyclic) bond motifs is 1. The summed E-state index contributed by atoms with van der Waals surface area (Å²) < 4.78 is 0. The molecule has 2 N–H and O–H groups in total. The minimum atomic E-state index is -0.245. The van der Waals surface area contributed by atoms with Crippen molar-refractivity contribution in [3.63, 3.8) is 0 Å². The Kier molecular flexibility index (Phi) is 6.47. The van der Waals surface area contributed by atoms with E-state index in [9.17, 15) is 9.59 Å². The van der Waals surface area contributed by atoms with Gasteiger partial charge in [-0.15, -0.1) is 0 Å². The Morgan fingerprint density at radius 1 is 1.16 bits per heavy atom. The fourth-order valence-corrected chi connectivity index (χ4v) is 4.60. The van der Waals surface area contributed by atoms with Crippen molar-refractivity contribution in [2.45, 2.75) is 32.6 Å². The highest BCUT2D eigenvalue weighted by molar-refractivity contribution is 5.95. The first-order chi connectivity index (χ1) is 15.0. The number of H-pyrrole nitrogens is 1. The number of aryl methyl sites for hydroxylation is 1. The molecule has 1 fully saturated rings. The molecule has 3 aromatic rings. The van der Waals surface area contributed by atoms with Gasteiger partial charge in [0.05, 0.1) is 17.5 Å². The molecule has 31 heavy (non-hydrogen) atoms. The summed E-state index contributed by atoms with van der Waals surface area (Å²) in [6.45, 7) is 4.74. The molecular formula is C25H30N4O2. The maximum Gasteiger partial charge on any atom is 0.272 e. The molecule has 0 aliphatic carbocycles. The Hall–Kier alpha value is -2.99. The van der Waals surface area contributed by atoms with E-state index in [1.165, 1.54) is 31.5 Å². The van der Waals surface area contributed by atoms with E-state index >= 15 is 0 Å². The highest BCUT2D eigenvalue weighted by atomic mass is 16.1. The lowest BCUT2D eigenvalue weighted by atomic mass is 9.83. The minimum absolute atomic E-state index is 0.104. The summed E-state index contributed by atoms with van der Waals surface area (Å²) >= 11 is 0. The molecule has 0 radical (unpaired) electrons. The first-order valence-electron chi connectivity index (χ1n) is 11.0. The molecule has 0 bridgehead atoms. The second-order valence-corrected chi connectivity index (χ2v) is 8.79. The van der Waals surface area contributed by atoms with Gasteiger partial charge in [-0.1, -0.05) is 37.3 Å². The van der Waals surface area contributed by atoms with Crippen LogP contribution in [-0.2, 0) is 17.6 Å². The van der Waals surface area contributed by atoms with Crippen LogP contribution in [0.5, 0.6) is 0 Å². The fraction of sp³-hybridized carbons (Fsp3) is 0.400. The standard InChI is InChI=1S/C25H30N4O2/c1-17-16-29(2)14-13-19(17)10-7-18-8-11-20(12-9-18)26-24(30)15-23-21-5-3-4-6-22(21)25(31)28-27-23/h3-6,8-9,11-12,17,19H,7,10,13-16H2,1-2H3,(H,26,30)(H,28,31)/t17-,19-/m1/s1. The topological polar surface area (TPSA) is 78.1 Å². The molecule has 6 nitrogen and oxygen atoms in total. The zero-order valence-electron chi connectivity index (χ0n) is 18.2. The van der Waals surface area contributed by atoms with E-state index in [1.807, 2.05) is 24.3 Å². The van der Waals surface area contributed by atoms with Crippen LogP contribution in [0.1, 0.15) is 31.0 Å². The maximum atomic E-state index is 12.5. The van der Waals surface area contributed by atoms with Crippen molar-refractivity contribution in [1.82, 2.24) is 15.1 Å². The van der Waals surface area contributed by atoms with Crippen molar-refractivity contribution >= 4 is 22.4 Å². The Labute approximate surface area is 182 Å². The third kappa shape index (κ3) is 5.20. The SMILES string of the molecule is C[C@@H]1CN(C)CC[C@H]1CCc1ccc(NC(=O)Cc2n[nH]c(=O)c3ccccc23)cc1. The maximum absolute atomic E-state index is 12.5. The van der Waals surface area contributed by atoms with Gasteiger partial charge >= 0.3 is 0 Å². The lowest BCUT2D eigenvalue weighted by Gasteiger charge is -2.34. The predicted molar refractivity (Wildman–Crippen MR) is 124 cm³/mol. The summed E-state index contributed by atoms with van der Waals surface area (Å²) in [6, 6.07) is 15.3. The van der Waals surface area contributed by atoms with E-state index < -0.39 is 0 Å². The van der Waals surface area contributed by atoms with E-state index in [-0.39, 0.29) is 17.9 Å². The largest absolute Gasteiger partial charge is 0.326 e. The molecule has 2 atom stereocenters. The number of hydrogen-bond donors (Lipinski definition) is 2. The number of aromatic nitrogens is 2. The predicted octanol–water partition coefficient (Wildman–Crippen LogP) is 3.62. The molecule has 1 aliphatic rings. The number of amides is 1. The number of carbonyl (C=O) groups excluding carboxylic acids is 1. The van der Waals surface area contributed by atoms with Crippen LogP contribution in [0.25, 0.3) is 10.8 Å². The summed E-state index contributed by atoms with van der Waals surface area (Å²) in [5, 5.41) is 10.7. The normalized spacial score (nSPS) is 19.4. The molecule has 0 spiro atoms. The highest BCUT2D eigenvalue weighted by Crippen LogP contribution is 2.27. The summed E-state index contributed by atoms with van der Waals surface area (Å²) in [5.74, 6) is 1.38. The number of anilines is 1. The number of piperidine rings is 1. The highest BCUT2D eigenvalue weighted by Gasteiger charge is 2.23. The van der Waals surface area contributed by atoms with E-state index in [0.717, 1.165) is 23.9 Å². The van der Waals surface area contributed by atoms with Gasteiger partial charge in [-0.25, -0.2) is 5.10 Å². The van der Waals surface area contributed by atoms with Crippen LogP contribution in [0.15, 0.2) is 53.3 Å². The number of carbonyl (C=O) groups is 1. The molecule has 1 aromatic heterocycles. The monoisotopic (exact) mass is 418 g/mol. The van der Waals surface area contributed by atoms with Crippen LogP contribution < -0.4 is 10.9 Å². The van der Waals surface area contributed by atoms with Gasteiger partial charge in [0.1, 0.15) is 0 Å². The van der Waals surface area contributed by atoms with Crippen molar-refractivity contribution in [3.05, 3.63) is 70.1 Å². The zero-order valence-corrected chi connectivity index (χ0v) is 18.2. The molecule has 1 amide bonds. The second kappa shape index (κ2) is 9.43. The number of rotatable bonds is 6. The van der Waals surface area contributed by atoms with Crippen molar-refractivity contribution in [2.24, 2.45) is 11.8 Å². The van der Waals surface area contributed by atoms with Crippen molar-refractivity contribution in [1.29, 1.82) is 0 Å². The van der Waals surface area contributed by atoms with Crippen molar-refractivity contribution in [3.8, 4) is 0 Å². The molecule has 2 heterocycles. The Bertz CT molecular complexity index is 1110. The van der Waals surface area contributed by atoms with Crippen LogP contribution in [0.4, 0.5) is 5.69 Å². The number of hydrogen-bond acceptors (Lipinski definition) is 4. The second-order valence-electron chi connectivity index (χ2n) is 8.79. The molecule has 2 aromatic carbocycles. The van der Waals surface area contributed by atoms with Gasteiger partial charge < -0.3 is 10.2 Å². The van der Waals surface area contributed by atoms with Gasteiger partial charge in [0.25, 0.3) is 5.56 Å². The Balaban J connectivity index is 1.33. The molecule has 162 valence electrons. The third-order valence-corrected chi connectivity index (χ3v) is 6.43. The number of benzene rings is 2.